The molecule has 0 rings (SSSR count). The lowest BCUT2D eigenvalue weighted by Gasteiger charge is -2.27. The van der Waals surface area contributed by atoms with Gasteiger partial charge in [0.15, 0.2) is 0 Å². The van der Waals surface area contributed by atoms with Crippen LogP contribution in [0.3, 0.4) is 0 Å². The van der Waals surface area contributed by atoms with E-state index in [1.807, 2.05) is 0 Å². The summed E-state index contributed by atoms with van der Waals surface area (Å²) in [4.78, 5) is 12.4. The summed E-state index contributed by atoms with van der Waals surface area (Å²) in [6.07, 6.45) is 35.3. The van der Waals surface area contributed by atoms with Gasteiger partial charge in [-0.05, 0) is 38.5 Å². The van der Waals surface area contributed by atoms with E-state index in [2.05, 4.69) is 31.3 Å². The number of allylic oxidation sites excluding steroid dienone is 2. The highest BCUT2D eigenvalue weighted by molar-refractivity contribution is 5.80. The highest BCUT2D eigenvalue weighted by Crippen LogP contribution is 2.15. The fraction of sp³-hybridized carbons (Fsp3) is 0.923. The summed E-state index contributed by atoms with van der Waals surface area (Å²) in [5.74, 6) is -0.590. The quantitative estimate of drug-likeness (QED) is 0.0350. The highest BCUT2D eigenvalue weighted by Gasteiger charge is 2.28. The van der Waals surface area contributed by atoms with E-state index in [1.54, 1.807) is 0 Å². The second-order valence-electron chi connectivity index (χ2n) is 13.6. The number of unbranched alkanes of at least 4 members (excludes halogenated alkanes) is 24. The molecular weight excluding hydrogens is 562 g/mol. The third kappa shape index (κ3) is 29.0. The van der Waals surface area contributed by atoms with E-state index in [-0.39, 0.29) is 0 Å². The second kappa shape index (κ2) is 34.4. The molecule has 5 N–H and O–H groups in total. The summed E-state index contributed by atoms with van der Waals surface area (Å²) in [5.41, 5.74) is 0. The van der Waals surface area contributed by atoms with Crippen molar-refractivity contribution in [2.24, 2.45) is 0 Å². The molecule has 6 heteroatoms. The van der Waals surface area contributed by atoms with Gasteiger partial charge in [0.05, 0.1) is 18.8 Å². The maximum absolute atomic E-state index is 12.4. The van der Waals surface area contributed by atoms with Gasteiger partial charge in [-0.25, -0.2) is 0 Å². The van der Waals surface area contributed by atoms with Crippen molar-refractivity contribution in [3.8, 4) is 0 Å². The van der Waals surface area contributed by atoms with Crippen LogP contribution < -0.4 is 5.32 Å². The molecule has 0 fully saturated rings. The molecule has 0 heterocycles. The SMILES string of the molecule is CCCCCCCCCCCC/C=C\CCCCCCCCC(O)C(=O)NC(CO)C(O)C(O)CCCCCCCCCCC. The van der Waals surface area contributed by atoms with Crippen molar-refractivity contribution in [2.75, 3.05) is 6.61 Å². The van der Waals surface area contributed by atoms with Crippen LogP contribution in [-0.2, 0) is 4.79 Å². The van der Waals surface area contributed by atoms with Gasteiger partial charge >= 0.3 is 0 Å². The first-order valence-electron chi connectivity index (χ1n) is 19.6. The van der Waals surface area contributed by atoms with E-state index >= 15 is 0 Å². The van der Waals surface area contributed by atoms with Crippen molar-refractivity contribution in [2.45, 2.75) is 224 Å². The Morgan fingerprint density at radius 1 is 0.533 bits per heavy atom. The largest absolute Gasteiger partial charge is 0.394 e. The predicted octanol–water partition coefficient (Wildman–Crippen LogP) is 9.46. The molecule has 0 saturated heterocycles. The molecule has 45 heavy (non-hydrogen) atoms. The smallest absolute Gasteiger partial charge is 0.249 e. The molecule has 0 aromatic heterocycles. The summed E-state index contributed by atoms with van der Waals surface area (Å²) < 4.78 is 0. The van der Waals surface area contributed by atoms with E-state index in [0.717, 1.165) is 44.9 Å². The number of carbonyl (C=O) groups excluding carboxylic acids is 1. The van der Waals surface area contributed by atoms with E-state index in [4.69, 9.17) is 0 Å². The molecule has 4 atom stereocenters. The number of hydrogen-bond donors (Lipinski definition) is 5. The Kier molecular flexibility index (Phi) is 33.7. The molecule has 0 aliphatic rings. The standard InChI is InChI=1S/C39H77NO5/c1-3-5-7-9-11-13-14-15-16-17-18-19-20-21-22-23-25-27-29-31-33-37(43)39(45)40-35(34-41)38(44)36(42)32-30-28-26-24-12-10-8-6-4-2/h19-20,35-38,41-44H,3-18,21-34H2,1-2H3,(H,40,45)/b20-19-. The number of hydrogen-bond acceptors (Lipinski definition) is 5. The Labute approximate surface area is 279 Å². The minimum Gasteiger partial charge on any atom is -0.394 e. The first-order valence-corrected chi connectivity index (χ1v) is 19.6. The molecule has 0 spiro atoms. The van der Waals surface area contributed by atoms with Gasteiger partial charge in [-0.15, -0.1) is 0 Å². The zero-order chi connectivity index (χ0) is 33.2. The minimum absolute atomic E-state index is 0.364. The summed E-state index contributed by atoms with van der Waals surface area (Å²) >= 11 is 0. The summed E-state index contributed by atoms with van der Waals surface area (Å²) in [7, 11) is 0. The minimum atomic E-state index is -1.25. The summed E-state index contributed by atoms with van der Waals surface area (Å²) in [5, 5.41) is 43.4. The molecular formula is C39H77NO5. The number of carbonyl (C=O) groups is 1. The fourth-order valence-corrected chi connectivity index (χ4v) is 6.04. The molecule has 0 aromatic rings. The third-order valence-electron chi connectivity index (χ3n) is 9.23. The second-order valence-corrected chi connectivity index (χ2v) is 13.6. The fourth-order valence-electron chi connectivity index (χ4n) is 6.04. The van der Waals surface area contributed by atoms with E-state index in [0.29, 0.717) is 12.8 Å². The van der Waals surface area contributed by atoms with Crippen molar-refractivity contribution >= 4 is 5.91 Å². The lowest BCUT2D eigenvalue weighted by Crippen LogP contribution is -2.53. The van der Waals surface area contributed by atoms with Crippen molar-refractivity contribution in [3.63, 3.8) is 0 Å². The van der Waals surface area contributed by atoms with Crippen LogP contribution in [0.4, 0.5) is 0 Å². The number of nitrogens with one attached hydrogen (secondary N) is 1. The van der Waals surface area contributed by atoms with Gasteiger partial charge < -0.3 is 25.7 Å². The van der Waals surface area contributed by atoms with Crippen LogP contribution in [0.1, 0.15) is 200 Å². The molecule has 0 aliphatic heterocycles. The zero-order valence-corrected chi connectivity index (χ0v) is 29.9. The molecule has 4 unspecified atom stereocenters. The molecule has 0 aromatic carbocycles. The molecule has 0 bridgehead atoms. The Hall–Kier alpha value is -0.950. The first kappa shape index (κ1) is 44.0. The van der Waals surface area contributed by atoms with E-state index in [1.165, 1.54) is 128 Å². The molecule has 0 radical (unpaired) electrons. The predicted molar refractivity (Wildman–Crippen MR) is 191 cm³/mol. The van der Waals surface area contributed by atoms with Crippen LogP contribution in [0.15, 0.2) is 12.2 Å². The van der Waals surface area contributed by atoms with E-state index < -0.39 is 36.9 Å². The van der Waals surface area contributed by atoms with Crippen LogP contribution in [0.25, 0.3) is 0 Å². The van der Waals surface area contributed by atoms with Gasteiger partial charge in [-0.2, -0.15) is 0 Å². The molecule has 0 saturated carbocycles. The number of aliphatic hydroxyl groups is 4. The van der Waals surface area contributed by atoms with Crippen LogP contribution in [0.2, 0.25) is 0 Å². The summed E-state index contributed by atoms with van der Waals surface area (Å²) in [6, 6.07) is -0.982. The van der Waals surface area contributed by atoms with Crippen LogP contribution in [0.5, 0.6) is 0 Å². The Morgan fingerprint density at radius 3 is 1.29 bits per heavy atom. The van der Waals surface area contributed by atoms with Gasteiger partial charge in [0.2, 0.25) is 5.91 Å². The molecule has 6 nitrogen and oxygen atoms in total. The van der Waals surface area contributed by atoms with Gasteiger partial charge in [0.1, 0.15) is 12.2 Å². The van der Waals surface area contributed by atoms with Crippen LogP contribution >= 0.6 is 0 Å². The van der Waals surface area contributed by atoms with Gasteiger partial charge in [0.25, 0.3) is 0 Å². The van der Waals surface area contributed by atoms with Crippen molar-refractivity contribution in [1.82, 2.24) is 5.32 Å². The van der Waals surface area contributed by atoms with Crippen molar-refractivity contribution in [1.29, 1.82) is 0 Å². The average Bonchev–Trinajstić information content (AvgIpc) is 3.04. The van der Waals surface area contributed by atoms with Crippen LogP contribution in [0, 0.1) is 0 Å². The number of amides is 1. The number of rotatable bonds is 35. The highest BCUT2D eigenvalue weighted by atomic mass is 16.3. The Bertz CT molecular complexity index is 643. The van der Waals surface area contributed by atoms with E-state index in [9.17, 15) is 25.2 Å². The van der Waals surface area contributed by atoms with Gasteiger partial charge in [0, 0.05) is 0 Å². The van der Waals surface area contributed by atoms with Crippen molar-refractivity contribution in [3.05, 3.63) is 12.2 Å². The molecule has 268 valence electrons. The average molecular weight is 640 g/mol. The van der Waals surface area contributed by atoms with Crippen LogP contribution in [-0.4, -0.2) is 57.3 Å². The third-order valence-corrected chi connectivity index (χ3v) is 9.23. The lowest BCUT2D eigenvalue weighted by atomic mass is 9.99. The monoisotopic (exact) mass is 640 g/mol. The topological polar surface area (TPSA) is 110 Å². The maximum atomic E-state index is 12.4. The lowest BCUT2D eigenvalue weighted by molar-refractivity contribution is -0.132. The Balaban J connectivity index is 3.74. The normalized spacial score (nSPS) is 14.5. The van der Waals surface area contributed by atoms with Gasteiger partial charge in [-0.3, -0.25) is 4.79 Å². The van der Waals surface area contributed by atoms with Gasteiger partial charge in [-0.1, -0.05) is 174 Å². The van der Waals surface area contributed by atoms with Crippen molar-refractivity contribution < 1.29 is 25.2 Å². The maximum Gasteiger partial charge on any atom is 0.249 e. The first-order chi connectivity index (χ1) is 22.0. The zero-order valence-electron chi connectivity index (χ0n) is 29.9. The Morgan fingerprint density at radius 2 is 0.889 bits per heavy atom. The molecule has 1 amide bonds. The number of aliphatic hydroxyl groups excluding tert-OH is 4. The molecule has 0 aliphatic carbocycles. The summed E-state index contributed by atoms with van der Waals surface area (Å²) in [6.45, 7) is 4.01.